The maximum absolute atomic E-state index is 14.1. The molecule has 0 aliphatic carbocycles. The quantitative estimate of drug-likeness (QED) is 0.224. The maximum Gasteiger partial charge on any atom is 0.416 e. The minimum atomic E-state index is -4.56. The molecule has 1 aliphatic heterocycles. The van der Waals surface area contributed by atoms with Crippen LogP contribution in [0.4, 0.5) is 30.2 Å². The summed E-state index contributed by atoms with van der Waals surface area (Å²) in [6, 6.07) is 13.1. The fourth-order valence-corrected chi connectivity index (χ4v) is 5.64. The number of hydrogen-bond acceptors (Lipinski definition) is 6. The van der Waals surface area contributed by atoms with Gasteiger partial charge in [0.2, 0.25) is 0 Å². The van der Waals surface area contributed by atoms with Crippen molar-refractivity contribution in [2.75, 3.05) is 37.3 Å². The van der Waals surface area contributed by atoms with Crippen LogP contribution in [-0.2, 0) is 19.8 Å². The first kappa shape index (κ1) is 31.8. The molecule has 0 spiro atoms. The molecule has 0 saturated carbocycles. The van der Waals surface area contributed by atoms with Crippen molar-refractivity contribution in [2.24, 2.45) is 7.05 Å². The van der Waals surface area contributed by atoms with Gasteiger partial charge in [-0.15, -0.1) is 0 Å². The number of likely N-dealkylation sites (N-methyl/N-ethyl adjacent to an activating group) is 1. The molecular weight excluding hydrogens is 605 g/mol. The Hall–Kier alpha value is -5.12. The number of fused-ring (bicyclic) bond motifs is 1. The van der Waals surface area contributed by atoms with Crippen LogP contribution >= 0.6 is 0 Å². The van der Waals surface area contributed by atoms with E-state index in [9.17, 15) is 18.0 Å². The summed E-state index contributed by atoms with van der Waals surface area (Å²) in [6.45, 7) is 6.31. The number of benzene rings is 2. The van der Waals surface area contributed by atoms with Crippen molar-refractivity contribution < 1.29 is 18.0 Å². The zero-order valence-corrected chi connectivity index (χ0v) is 26.6. The summed E-state index contributed by atoms with van der Waals surface area (Å²) in [5.74, 6) is 5.76. The molecule has 0 radical (unpaired) electrons. The number of nitrogens with one attached hydrogen (secondary N) is 2. The zero-order chi connectivity index (χ0) is 33.3. The fraction of sp³-hybridized carbons (Fsp3) is 0.286. The Kier molecular flexibility index (Phi) is 8.77. The molecule has 1 aliphatic rings. The molecule has 1 saturated heterocycles. The fourth-order valence-electron chi connectivity index (χ4n) is 5.64. The van der Waals surface area contributed by atoms with E-state index < -0.39 is 17.6 Å². The Morgan fingerprint density at radius 1 is 1.04 bits per heavy atom. The number of nitrogens with zero attached hydrogens (tertiary/aromatic N) is 6. The molecule has 1 unspecified atom stereocenters. The van der Waals surface area contributed by atoms with E-state index in [1.807, 2.05) is 54.8 Å². The lowest BCUT2D eigenvalue weighted by Crippen LogP contribution is -2.49. The molecule has 6 rings (SSSR count). The number of carbonyl (C=O) groups is 1. The molecule has 2 N–H and O–H groups in total. The lowest BCUT2D eigenvalue weighted by molar-refractivity contribution is -0.138. The lowest BCUT2D eigenvalue weighted by atomic mass is 10.0. The van der Waals surface area contributed by atoms with Crippen LogP contribution in [0.15, 0.2) is 73.3 Å². The Bertz CT molecular complexity index is 2000. The number of aromatic nitrogens is 4. The van der Waals surface area contributed by atoms with Gasteiger partial charge in [-0.25, -0.2) is 4.98 Å². The molecule has 1 fully saturated rings. The molecule has 1 atom stereocenters. The number of pyridine rings is 1. The van der Waals surface area contributed by atoms with Gasteiger partial charge < -0.3 is 15.5 Å². The Labute approximate surface area is 271 Å². The summed E-state index contributed by atoms with van der Waals surface area (Å²) in [5, 5.41) is 10.1. The molecule has 1 amide bonds. The first-order chi connectivity index (χ1) is 22.4. The van der Waals surface area contributed by atoms with Gasteiger partial charge in [-0.05, 0) is 74.3 Å². The van der Waals surface area contributed by atoms with Crippen LogP contribution in [-0.4, -0.2) is 67.6 Å². The molecule has 242 valence electrons. The second-order valence-electron chi connectivity index (χ2n) is 12.0. The number of halogens is 3. The average Bonchev–Trinajstić information content (AvgIpc) is 3.64. The highest BCUT2D eigenvalue weighted by Gasteiger charge is 2.34. The van der Waals surface area contributed by atoms with E-state index in [1.165, 1.54) is 12.1 Å². The predicted octanol–water partition coefficient (Wildman–Crippen LogP) is 5.93. The number of anilines is 3. The third-order valence-electron chi connectivity index (χ3n) is 8.46. The first-order valence-electron chi connectivity index (χ1n) is 15.2. The van der Waals surface area contributed by atoms with E-state index in [0.29, 0.717) is 30.0 Å². The van der Waals surface area contributed by atoms with Crippen molar-refractivity contribution in [1.82, 2.24) is 29.0 Å². The third kappa shape index (κ3) is 7.16. The van der Waals surface area contributed by atoms with Crippen molar-refractivity contribution in [1.29, 1.82) is 0 Å². The van der Waals surface area contributed by atoms with Gasteiger partial charge in [0, 0.05) is 68.5 Å². The number of amides is 1. The number of rotatable bonds is 6. The highest BCUT2D eigenvalue weighted by atomic mass is 19.4. The van der Waals surface area contributed by atoms with Gasteiger partial charge in [-0.1, -0.05) is 18.1 Å². The number of alkyl halides is 3. The first-order valence-corrected chi connectivity index (χ1v) is 15.2. The van der Waals surface area contributed by atoms with Crippen LogP contribution < -0.4 is 10.6 Å². The summed E-state index contributed by atoms with van der Waals surface area (Å²) in [6.07, 6.45) is 2.56. The van der Waals surface area contributed by atoms with Crippen LogP contribution in [0.1, 0.15) is 45.2 Å². The minimum absolute atomic E-state index is 0.0763. The topological polar surface area (TPSA) is 82.7 Å². The minimum Gasteiger partial charge on any atom is -0.350 e. The molecule has 0 bridgehead atoms. The third-order valence-corrected chi connectivity index (χ3v) is 8.46. The van der Waals surface area contributed by atoms with E-state index in [-0.39, 0.29) is 29.4 Å². The van der Waals surface area contributed by atoms with Crippen molar-refractivity contribution >= 4 is 28.6 Å². The molecule has 4 heterocycles. The SMILES string of the molecule is Cc1ccc(C(=O)Nc2ccc(CN3CCN(C)C(C)C3)c(C(F)(F)F)c2)cc1C#Cc1cnc2c(Nc3cnn(C)c3)cccn12. The number of imidazole rings is 1. The molecule has 47 heavy (non-hydrogen) atoms. The lowest BCUT2D eigenvalue weighted by Gasteiger charge is -2.38. The van der Waals surface area contributed by atoms with Crippen molar-refractivity contribution in [3.05, 3.63) is 107 Å². The molecule has 3 aromatic heterocycles. The van der Waals surface area contributed by atoms with Crippen LogP contribution in [0.5, 0.6) is 0 Å². The molecular formula is C35H35F3N8O. The van der Waals surface area contributed by atoms with E-state index in [4.69, 9.17) is 0 Å². The van der Waals surface area contributed by atoms with Gasteiger partial charge in [0.05, 0.1) is 29.3 Å². The van der Waals surface area contributed by atoms with Gasteiger partial charge in [0.25, 0.3) is 5.91 Å². The van der Waals surface area contributed by atoms with Gasteiger partial charge >= 0.3 is 6.18 Å². The normalized spacial score (nSPS) is 15.8. The van der Waals surface area contributed by atoms with Gasteiger partial charge in [-0.2, -0.15) is 18.3 Å². The molecule has 5 aromatic rings. The largest absolute Gasteiger partial charge is 0.416 e. The summed E-state index contributed by atoms with van der Waals surface area (Å²) < 4.78 is 46.0. The van der Waals surface area contributed by atoms with E-state index in [1.54, 1.807) is 35.3 Å². The number of piperazine rings is 1. The standard InChI is InChI=1S/C35H35F3N8O/c1-23-7-8-26(16-25(23)10-12-30-19-39-33-32(6-5-13-46(30)33)41-29-18-40-44(4)22-29)34(47)42-28-11-9-27(31(17-28)35(36,37)38)21-45-15-14-43(3)24(2)20-45/h5-9,11,13,16-19,22,24,41H,14-15,20-21H2,1-4H3,(H,42,47). The molecule has 12 heteroatoms. The number of carbonyl (C=O) groups excluding carboxylic acids is 1. The Balaban J connectivity index is 1.20. The van der Waals surface area contributed by atoms with Crippen molar-refractivity contribution in [3.8, 4) is 11.8 Å². The predicted molar refractivity (Wildman–Crippen MR) is 176 cm³/mol. The number of hydrogen-bond donors (Lipinski definition) is 2. The van der Waals surface area contributed by atoms with Crippen molar-refractivity contribution in [3.63, 3.8) is 0 Å². The molecule has 9 nitrogen and oxygen atoms in total. The zero-order valence-electron chi connectivity index (χ0n) is 26.6. The van der Waals surface area contributed by atoms with Crippen LogP contribution in [0, 0.1) is 18.8 Å². The van der Waals surface area contributed by atoms with Crippen LogP contribution in [0.25, 0.3) is 5.65 Å². The van der Waals surface area contributed by atoms with Crippen LogP contribution in [0.2, 0.25) is 0 Å². The average molecular weight is 641 g/mol. The molecule has 2 aromatic carbocycles. The Morgan fingerprint density at radius 2 is 1.87 bits per heavy atom. The van der Waals surface area contributed by atoms with E-state index >= 15 is 0 Å². The second kappa shape index (κ2) is 12.9. The maximum atomic E-state index is 14.1. The highest BCUT2D eigenvalue weighted by Crippen LogP contribution is 2.35. The van der Waals surface area contributed by atoms with Gasteiger partial charge in [-0.3, -0.25) is 18.8 Å². The summed E-state index contributed by atoms with van der Waals surface area (Å²) in [7, 11) is 3.86. The second-order valence-corrected chi connectivity index (χ2v) is 12.0. The van der Waals surface area contributed by atoms with Crippen molar-refractivity contribution in [2.45, 2.75) is 32.6 Å². The number of aryl methyl sites for hydroxylation is 2. The smallest absolute Gasteiger partial charge is 0.350 e. The summed E-state index contributed by atoms with van der Waals surface area (Å²) >= 11 is 0. The van der Waals surface area contributed by atoms with Crippen LogP contribution in [0.3, 0.4) is 0 Å². The summed E-state index contributed by atoms with van der Waals surface area (Å²) in [5.41, 5.74) is 4.22. The van der Waals surface area contributed by atoms with E-state index in [0.717, 1.165) is 29.5 Å². The highest BCUT2D eigenvalue weighted by molar-refractivity contribution is 6.04. The van der Waals surface area contributed by atoms with E-state index in [2.05, 4.69) is 44.4 Å². The van der Waals surface area contributed by atoms with Gasteiger partial charge in [0.1, 0.15) is 5.69 Å². The monoisotopic (exact) mass is 640 g/mol. The Morgan fingerprint density at radius 3 is 2.62 bits per heavy atom. The summed E-state index contributed by atoms with van der Waals surface area (Å²) in [4.78, 5) is 22.0. The van der Waals surface area contributed by atoms with Gasteiger partial charge in [0.15, 0.2) is 5.65 Å².